The third kappa shape index (κ3) is 8.04. The summed E-state index contributed by atoms with van der Waals surface area (Å²) in [5.74, 6) is -2.58. The molecule has 2 aromatic rings. The van der Waals surface area contributed by atoms with Crippen LogP contribution in [0.3, 0.4) is 0 Å². The van der Waals surface area contributed by atoms with Gasteiger partial charge in [0.2, 0.25) is 11.8 Å². The number of pyridine rings is 1. The number of hydrazine groups is 1. The SMILES string of the molecule is CCc1cc(Cl)c2ccc(/C=C/C(C)(C)C(=O)N[C@H](C(=O)N[C@@H](C)C(=O)N3CCC[C@@H](C(=O)O)N3)C(C)C)cc2n1. The van der Waals surface area contributed by atoms with Crippen LogP contribution in [0.4, 0.5) is 0 Å². The summed E-state index contributed by atoms with van der Waals surface area (Å²) < 4.78 is 0. The Balaban J connectivity index is 1.67. The number of carboxylic acids is 1. The molecule has 0 spiro atoms. The third-order valence-corrected chi connectivity index (χ3v) is 7.50. The summed E-state index contributed by atoms with van der Waals surface area (Å²) in [5.41, 5.74) is 4.28. The van der Waals surface area contributed by atoms with Crippen molar-refractivity contribution in [1.82, 2.24) is 26.1 Å². The first-order valence-electron chi connectivity index (χ1n) is 13.9. The Kier molecular flexibility index (Phi) is 10.5. The molecule has 1 aromatic heterocycles. The number of rotatable bonds is 10. The Hall–Kier alpha value is -3.50. The number of benzene rings is 1. The number of fused-ring (bicyclic) bond motifs is 1. The van der Waals surface area contributed by atoms with Crippen molar-refractivity contribution in [2.75, 3.05) is 6.54 Å². The fraction of sp³-hybridized carbons (Fsp3) is 0.500. The van der Waals surface area contributed by atoms with Crippen molar-refractivity contribution in [3.8, 4) is 0 Å². The summed E-state index contributed by atoms with van der Waals surface area (Å²) in [6.45, 7) is 11.0. The summed E-state index contributed by atoms with van der Waals surface area (Å²) in [5, 5.41) is 17.5. The van der Waals surface area contributed by atoms with Crippen LogP contribution in [-0.2, 0) is 25.6 Å². The molecule has 1 aliphatic heterocycles. The van der Waals surface area contributed by atoms with Gasteiger partial charge in [0.1, 0.15) is 18.1 Å². The van der Waals surface area contributed by atoms with E-state index >= 15 is 0 Å². The first kappa shape index (κ1) is 32.0. The molecule has 4 N–H and O–H groups in total. The molecular formula is C30H40ClN5O5. The fourth-order valence-electron chi connectivity index (χ4n) is 4.50. The molecule has 1 aromatic carbocycles. The van der Waals surface area contributed by atoms with E-state index in [0.29, 0.717) is 24.4 Å². The lowest BCUT2D eigenvalue weighted by Crippen LogP contribution is -2.61. The zero-order chi connectivity index (χ0) is 30.5. The van der Waals surface area contributed by atoms with Gasteiger partial charge in [-0.25, -0.2) is 5.43 Å². The molecule has 3 amide bonds. The molecule has 1 fully saturated rings. The van der Waals surface area contributed by atoms with Crippen LogP contribution >= 0.6 is 11.6 Å². The van der Waals surface area contributed by atoms with E-state index in [0.717, 1.165) is 28.6 Å². The maximum atomic E-state index is 13.3. The summed E-state index contributed by atoms with van der Waals surface area (Å²) >= 11 is 6.40. The Bertz CT molecular complexity index is 1340. The van der Waals surface area contributed by atoms with E-state index in [2.05, 4.69) is 21.0 Å². The number of carboxylic acid groups (broad SMARTS) is 1. The molecule has 11 heteroatoms. The lowest BCUT2D eigenvalue weighted by Gasteiger charge is -2.34. The number of nitrogens with one attached hydrogen (secondary N) is 3. The molecule has 2 heterocycles. The highest BCUT2D eigenvalue weighted by atomic mass is 35.5. The van der Waals surface area contributed by atoms with E-state index in [-0.39, 0.29) is 11.8 Å². The highest BCUT2D eigenvalue weighted by Gasteiger charge is 2.34. The first-order valence-corrected chi connectivity index (χ1v) is 14.3. The quantitative estimate of drug-likeness (QED) is 0.333. The van der Waals surface area contributed by atoms with E-state index in [4.69, 9.17) is 11.6 Å². The zero-order valence-corrected chi connectivity index (χ0v) is 25.2. The molecule has 0 radical (unpaired) electrons. The van der Waals surface area contributed by atoms with Crippen LogP contribution in [0, 0.1) is 11.3 Å². The summed E-state index contributed by atoms with van der Waals surface area (Å²) in [6.07, 6.45) is 5.33. The maximum Gasteiger partial charge on any atom is 0.322 e. The molecule has 3 atom stereocenters. The number of amides is 3. The normalized spacial score (nSPS) is 17.5. The number of aromatic nitrogens is 1. The lowest BCUT2D eigenvalue weighted by atomic mass is 9.89. The molecule has 0 aliphatic carbocycles. The largest absolute Gasteiger partial charge is 0.480 e. The van der Waals surface area contributed by atoms with Crippen LogP contribution in [0.15, 0.2) is 30.3 Å². The molecule has 1 saturated heterocycles. The second kappa shape index (κ2) is 13.4. The van der Waals surface area contributed by atoms with Crippen LogP contribution in [0.25, 0.3) is 17.0 Å². The number of nitrogens with zero attached hydrogens (tertiary/aromatic N) is 2. The van der Waals surface area contributed by atoms with Gasteiger partial charge in [-0.05, 0) is 63.6 Å². The van der Waals surface area contributed by atoms with Gasteiger partial charge in [-0.1, -0.05) is 56.7 Å². The molecule has 10 nitrogen and oxygen atoms in total. The fourth-order valence-corrected chi connectivity index (χ4v) is 4.79. The number of aryl methyl sites for hydroxylation is 1. The van der Waals surface area contributed by atoms with Gasteiger partial charge in [0.15, 0.2) is 0 Å². The highest BCUT2D eigenvalue weighted by Crippen LogP contribution is 2.26. The van der Waals surface area contributed by atoms with E-state index in [9.17, 15) is 24.3 Å². The average Bonchev–Trinajstić information content (AvgIpc) is 2.93. The minimum absolute atomic E-state index is 0.255. The predicted molar refractivity (Wildman–Crippen MR) is 159 cm³/mol. The summed E-state index contributed by atoms with van der Waals surface area (Å²) in [4.78, 5) is 55.3. The van der Waals surface area contributed by atoms with Crippen molar-refractivity contribution in [3.63, 3.8) is 0 Å². The number of aliphatic carboxylic acids is 1. The topological polar surface area (TPSA) is 141 Å². The molecule has 222 valence electrons. The van der Waals surface area contributed by atoms with E-state index in [1.807, 2.05) is 37.3 Å². The van der Waals surface area contributed by atoms with E-state index in [1.165, 1.54) is 11.9 Å². The van der Waals surface area contributed by atoms with Gasteiger partial charge in [0, 0.05) is 17.6 Å². The monoisotopic (exact) mass is 585 g/mol. The van der Waals surface area contributed by atoms with Crippen molar-refractivity contribution in [2.24, 2.45) is 11.3 Å². The Labute approximate surface area is 245 Å². The van der Waals surface area contributed by atoms with Gasteiger partial charge in [-0.15, -0.1) is 0 Å². The van der Waals surface area contributed by atoms with Crippen LogP contribution in [0.1, 0.15) is 65.6 Å². The predicted octanol–water partition coefficient (Wildman–Crippen LogP) is 3.72. The van der Waals surface area contributed by atoms with Crippen molar-refractivity contribution in [3.05, 3.63) is 46.6 Å². The summed E-state index contributed by atoms with van der Waals surface area (Å²) in [6, 6.07) is 4.94. The second-order valence-corrected chi connectivity index (χ2v) is 11.8. The average molecular weight is 586 g/mol. The lowest BCUT2D eigenvalue weighted by molar-refractivity contribution is -0.148. The first-order chi connectivity index (χ1) is 19.2. The third-order valence-electron chi connectivity index (χ3n) is 7.19. The van der Waals surface area contributed by atoms with Crippen LogP contribution in [-0.4, -0.2) is 63.5 Å². The van der Waals surface area contributed by atoms with Crippen LogP contribution in [0.5, 0.6) is 0 Å². The van der Waals surface area contributed by atoms with Gasteiger partial charge in [-0.3, -0.25) is 29.2 Å². The van der Waals surface area contributed by atoms with Crippen LogP contribution < -0.4 is 16.1 Å². The number of hydrogen-bond acceptors (Lipinski definition) is 6. The smallest absolute Gasteiger partial charge is 0.322 e. The second-order valence-electron chi connectivity index (χ2n) is 11.4. The highest BCUT2D eigenvalue weighted by molar-refractivity contribution is 6.35. The zero-order valence-electron chi connectivity index (χ0n) is 24.5. The van der Waals surface area contributed by atoms with Gasteiger partial charge in [0.05, 0.1) is 16.0 Å². The van der Waals surface area contributed by atoms with E-state index < -0.39 is 41.3 Å². The number of halogens is 1. The van der Waals surface area contributed by atoms with Gasteiger partial charge < -0.3 is 15.7 Å². The number of carbonyl (C=O) groups is 4. The Morgan fingerprint density at radius 2 is 1.90 bits per heavy atom. The van der Waals surface area contributed by atoms with E-state index in [1.54, 1.807) is 33.8 Å². The number of hydrogen-bond donors (Lipinski definition) is 4. The standard InChI is InChI=1S/C30H40ClN5O5/c1-7-20-16-22(31)21-11-10-19(15-24(21)33-20)12-13-30(5,6)29(41)34-25(17(2)3)26(37)32-18(4)27(38)36-14-8-9-23(35-36)28(39)40/h10-13,15-18,23,25,35H,7-9,14H2,1-6H3,(H,32,37)(H,34,41)(H,39,40)/b13-12+/t18-,23-,25-/m0/s1. The van der Waals surface area contributed by atoms with Gasteiger partial charge >= 0.3 is 5.97 Å². The van der Waals surface area contributed by atoms with Gasteiger partial charge in [0.25, 0.3) is 5.91 Å². The maximum absolute atomic E-state index is 13.3. The molecule has 41 heavy (non-hydrogen) atoms. The minimum atomic E-state index is -1.04. The molecule has 0 bridgehead atoms. The molecule has 0 unspecified atom stereocenters. The molecule has 3 rings (SSSR count). The van der Waals surface area contributed by atoms with Crippen molar-refractivity contribution < 1.29 is 24.3 Å². The molecular weight excluding hydrogens is 546 g/mol. The summed E-state index contributed by atoms with van der Waals surface area (Å²) in [7, 11) is 0. The molecule has 0 saturated carbocycles. The van der Waals surface area contributed by atoms with Crippen molar-refractivity contribution in [1.29, 1.82) is 0 Å². The Morgan fingerprint density at radius 1 is 1.20 bits per heavy atom. The van der Waals surface area contributed by atoms with Crippen molar-refractivity contribution >= 4 is 52.3 Å². The Morgan fingerprint density at radius 3 is 2.54 bits per heavy atom. The van der Waals surface area contributed by atoms with Gasteiger partial charge in [-0.2, -0.15) is 0 Å². The minimum Gasteiger partial charge on any atom is -0.480 e. The van der Waals surface area contributed by atoms with Crippen LogP contribution in [0.2, 0.25) is 5.02 Å². The van der Waals surface area contributed by atoms with Crippen molar-refractivity contribution in [2.45, 2.75) is 78.9 Å². The number of carbonyl (C=O) groups excluding carboxylic acids is 3. The molecule has 1 aliphatic rings.